The molecule has 0 aliphatic carbocycles. The summed E-state index contributed by atoms with van der Waals surface area (Å²) in [7, 11) is 0. The zero-order valence-electron chi connectivity index (χ0n) is 25.3. The highest BCUT2D eigenvalue weighted by molar-refractivity contribution is 4.67. The lowest BCUT2D eigenvalue weighted by Crippen LogP contribution is -2.33. The minimum Gasteiger partial charge on any atom is -0.379 e. The van der Waals surface area contributed by atoms with Crippen molar-refractivity contribution in [2.45, 2.75) is 51.6 Å². The minimum absolute atomic E-state index is 0.378. The average Bonchev–Trinajstić information content (AvgIpc) is 2.98. The van der Waals surface area contributed by atoms with Crippen LogP contribution in [-0.4, -0.2) is 145 Å². The second-order valence-electron chi connectivity index (χ2n) is 9.39. The van der Waals surface area contributed by atoms with Crippen LogP contribution in [0.2, 0.25) is 0 Å². The normalized spacial score (nSPS) is 14.3. The first-order valence-electron chi connectivity index (χ1n) is 15.5. The Balaban J connectivity index is 1.60. The molecule has 240 valence electrons. The fraction of sp³-hybridized carbons (Fsp3) is 1.00. The third-order valence-electron chi connectivity index (χ3n) is 5.99. The van der Waals surface area contributed by atoms with Gasteiger partial charge in [-0.1, -0.05) is 26.2 Å². The first kappa shape index (κ1) is 37.6. The van der Waals surface area contributed by atoms with Crippen LogP contribution < -0.4 is 5.32 Å². The van der Waals surface area contributed by atoms with Gasteiger partial charge in [-0.25, -0.2) is 0 Å². The van der Waals surface area contributed by atoms with Crippen molar-refractivity contribution in [2.75, 3.05) is 139 Å². The Bertz CT molecular complexity index is 472. The Hall–Kier alpha value is -0.440. The summed E-state index contributed by atoms with van der Waals surface area (Å²) < 4.78 is 55.2. The van der Waals surface area contributed by atoms with E-state index >= 15 is 0 Å². The summed E-state index contributed by atoms with van der Waals surface area (Å²) in [5.41, 5.74) is 0. The predicted octanol–water partition coefficient (Wildman–Crippen LogP) is 2.48. The number of rotatable bonds is 33. The van der Waals surface area contributed by atoms with Gasteiger partial charge in [-0.3, -0.25) is 0 Å². The van der Waals surface area contributed by atoms with Gasteiger partial charge < -0.3 is 52.7 Å². The van der Waals surface area contributed by atoms with Crippen LogP contribution in [0.3, 0.4) is 0 Å². The summed E-state index contributed by atoms with van der Waals surface area (Å²) in [6, 6.07) is 0. The Kier molecular flexibility index (Phi) is 31.1. The molecule has 11 nitrogen and oxygen atoms in total. The molecule has 0 bridgehead atoms. The molecule has 1 fully saturated rings. The molecule has 1 heterocycles. The molecule has 1 saturated heterocycles. The summed E-state index contributed by atoms with van der Waals surface area (Å²) in [6.07, 6.45) is 7.46. The quantitative estimate of drug-likeness (QED) is 0.116. The first-order chi connectivity index (χ1) is 19.9. The fourth-order valence-corrected chi connectivity index (χ4v) is 3.73. The molecule has 0 radical (unpaired) electrons. The molecule has 0 spiro atoms. The van der Waals surface area contributed by atoms with Crippen molar-refractivity contribution < 1.29 is 47.4 Å². The van der Waals surface area contributed by atoms with E-state index in [1.54, 1.807) is 0 Å². The number of nitrogens with one attached hydrogen (secondary N) is 1. The molecule has 1 N–H and O–H groups in total. The molecular formula is C29H59NO10. The largest absolute Gasteiger partial charge is 0.379 e. The molecule has 0 unspecified atom stereocenters. The Morgan fingerprint density at radius 3 is 1.07 bits per heavy atom. The van der Waals surface area contributed by atoms with Gasteiger partial charge >= 0.3 is 0 Å². The van der Waals surface area contributed by atoms with Crippen LogP contribution in [0.15, 0.2) is 0 Å². The van der Waals surface area contributed by atoms with Crippen LogP contribution in [0.25, 0.3) is 0 Å². The van der Waals surface area contributed by atoms with Crippen LogP contribution >= 0.6 is 0 Å². The molecule has 1 aliphatic rings. The van der Waals surface area contributed by atoms with Crippen LogP contribution in [0, 0.1) is 0 Å². The van der Waals surface area contributed by atoms with Gasteiger partial charge in [0.1, 0.15) is 0 Å². The van der Waals surface area contributed by atoms with E-state index in [2.05, 4.69) is 12.2 Å². The fourth-order valence-electron chi connectivity index (χ4n) is 3.73. The van der Waals surface area contributed by atoms with Crippen molar-refractivity contribution in [3.8, 4) is 0 Å². The number of piperidine rings is 1. The van der Waals surface area contributed by atoms with Gasteiger partial charge in [0.2, 0.25) is 0 Å². The standard InChI is InChI=1S/C29H59NO10/c1-2-3-4-5-10-31-11-12-32-13-14-33-15-16-34-17-18-35-19-20-36-21-22-37-23-24-38-25-26-39-27-28-40-29-6-8-30-9-7-29/h29-30H,2-28H2,1H3. The minimum atomic E-state index is 0.378. The van der Waals surface area contributed by atoms with Crippen molar-refractivity contribution in [1.29, 1.82) is 0 Å². The highest BCUT2D eigenvalue weighted by Crippen LogP contribution is 2.06. The molecule has 0 aromatic rings. The third-order valence-corrected chi connectivity index (χ3v) is 5.99. The van der Waals surface area contributed by atoms with E-state index in [-0.39, 0.29) is 0 Å². The molecule has 0 aromatic carbocycles. The lowest BCUT2D eigenvalue weighted by atomic mass is 10.1. The number of ether oxygens (including phenoxy) is 10. The highest BCUT2D eigenvalue weighted by atomic mass is 16.6. The van der Waals surface area contributed by atoms with Crippen molar-refractivity contribution in [2.24, 2.45) is 0 Å². The molecule has 0 atom stereocenters. The first-order valence-corrected chi connectivity index (χ1v) is 15.5. The van der Waals surface area contributed by atoms with Crippen molar-refractivity contribution in [3.63, 3.8) is 0 Å². The van der Waals surface area contributed by atoms with Gasteiger partial charge in [0.05, 0.1) is 125 Å². The molecule has 1 rings (SSSR count). The Labute approximate surface area is 243 Å². The topological polar surface area (TPSA) is 104 Å². The SMILES string of the molecule is CCCCCCOCCOCCOCCOCCOCCOCCOCCOCCOCCOC1CCNCC1. The van der Waals surface area contributed by atoms with Crippen molar-refractivity contribution in [3.05, 3.63) is 0 Å². The van der Waals surface area contributed by atoms with Crippen LogP contribution in [-0.2, 0) is 47.4 Å². The van der Waals surface area contributed by atoms with Gasteiger partial charge in [0.25, 0.3) is 0 Å². The maximum atomic E-state index is 5.79. The van der Waals surface area contributed by atoms with E-state index in [0.29, 0.717) is 125 Å². The molecule has 0 saturated carbocycles. The van der Waals surface area contributed by atoms with E-state index in [1.165, 1.54) is 19.3 Å². The Morgan fingerprint density at radius 1 is 0.400 bits per heavy atom. The van der Waals surface area contributed by atoms with Gasteiger partial charge in [-0.15, -0.1) is 0 Å². The summed E-state index contributed by atoms with van der Waals surface area (Å²) in [4.78, 5) is 0. The zero-order valence-corrected chi connectivity index (χ0v) is 25.3. The maximum absolute atomic E-state index is 5.79. The average molecular weight is 582 g/mol. The molecule has 11 heteroatoms. The summed E-state index contributed by atoms with van der Waals surface area (Å²) in [5, 5.41) is 3.33. The van der Waals surface area contributed by atoms with Crippen molar-refractivity contribution >= 4 is 0 Å². The highest BCUT2D eigenvalue weighted by Gasteiger charge is 2.12. The smallest absolute Gasteiger partial charge is 0.0704 e. The van der Waals surface area contributed by atoms with Gasteiger partial charge in [-0.05, 0) is 32.4 Å². The molecule has 1 aliphatic heterocycles. The predicted molar refractivity (Wildman–Crippen MR) is 153 cm³/mol. The number of hydrogen-bond acceptors (Lipinski definition) is 11. The van der Waals surface area contributed by atoms with Gasteiger partial charge in [0, 0.05) is 6.61 Å². The molecule has 0 amide bonds. The lowest BCUT2D eigenvalue weighted by molar-refractivity contribution is -0.0321. The number of hydrogen-bond donors (Lipinski definition) is 1. The van der Waals surface area contributed by atoms with Gasteiger partial charge in [-0.2, -0.15) is 0 Å². The summed E-state index contributed by atoms with van der Waals surface area (Å²) in [5.74, 6) is 0. The van der Waals surface area contributed by atoms with E-state index in [0.717, 1.165) is 39.0 Å². The van der Waals surface area contributed by atoms with Crippen molar-refractivity contribution in [1.82, 2.24) is 5.32 Å². The third kappa shape index (κ3) is 29.1. The van der Waals surface area contributed by atoms with E-state index < -0.39 is 0 Å². The van der Waals surface area contributed by atoms with Crippen LogP contribution in [0.5, 0.6) is 0 Å². The second-order valence-corrected chi connectivity index (χ2v) is 9.39. The van der Waals surface area contributed by atoms with Gasteiger partial charge in [0.15, 0.2) is 0 Å². The monoisotopic (exact) mass is 581 g/mol. The van der Waals surface area contributed by atoms with E-state index in [9.17, 15) is 0 Å². The van der Waals surface area contributed by atoms with Crippen LogP contribution in [0.1, 0.15) is 45.4 Å². The maximum Gasteiger partial charge on any atom is 0.0704 e. The van der Waals surface area contributed by atoms with E-state index in [4.69, 9.17) is 47.4 Å². The Morgan fingerprint density at radius 2 is 0.725 bits per heavy atom. The van der Waals surface area contributed by atoms with E-state index in [1.807, 2.05) is 0 Å². The molecular weight excluding hydrogens is 522 g/mol. The zero-order chi connectivity index (χ0) is 28.4. The molecule has 40 heavy (non-hydrogen) atoms. The molecule has 0 aromatic heterocycles. The summed E-state index contributed by atoms with van der Waals surface area (Å²) in [6.45, 7) is 15.3. The number of unbranched alkanes of at least 4 members (excludes halogenated alkanes) is 3. The second kappa shape index (κ2) is 33.1. The summed E-state index contributed by atoms with van der Waals surface area (Å²) >= 11 is 0. The lowest BCUT2D eigenvalue weighted by Gasteiger charge is -2.22. The van der Waals surface area contributed by atoms with Crippen LogP contribution in [0.4, 0.5) is 0 Å².